The Labute approximate surface area is 112 Å². The minimum absolute atomic E-state index is 0.00389. The summed E-state index contributed by atoms with van der Waals surface area (Å²) in [6.45, 7) is 0.930. The van der Waals surface area contributed by atoms with Crippen LogP contribution in [0.2, 0.25) is 0 Å². The standard InChI is InChI=1S/C15H15NO3/c16-10-13(9-12-5-2-1-3-6-12)15(17)19-11-14-7-4-8-18-14/h1-3,5-6,9,14H,4,7-8,11H2/b13-9+/t14-/m1/s1. The summed E-state index contributed by atoms with van der Waals surface area (Å²) >= 11 is 0. The number of ether oxygens (including phenoxy) is 2. The number of nitrogens with zero attached hydrogens (tertiary/aromatic N) is 1. The Kier molecular flexibility index (Phi) is 4.71. The van der Waals surface area contributed by atoms with Gasteiger partial charge in [0.1, 0.15) is 18.2 Å². The second-order valence-electron chi connectivity index (χ2n) is 4.31. The molecule has 0 spiro atoms. The molecule has 1 fully saturated rings. The summed E-state index contributed by atoms with van der Waals surface area (Å²) in [5.41, 5.74) is 0.803. The van der Waals surface area contributed by atoms with Gasteiger partial charge in [-0.15, -0.1) is 0 Å². The maximum atomic E-state index is 11.8. The third-order valence-electron chi connectivity index (χ3n) is 2.88. The van der Waals surface area contributed by atoms with Crippen LogP contribution in [0.5, 0.6) is 0 Å². The van der Waals surface area contributed by atoms with E-state index in [1.54, 1.807) is 0 Å². The van der Waals surface area contributed by atoms with E-state index in [0.717, 1.165) is 18.4 Å². The third kappa shape index (κ3) is 3.94. The van der Waals surface area contributed by atoms with E-state index in [1.807, 2.05) is 36.4 Å². The number of carbonyl (C=O) groups is 1. The number of hydrogen-bond donors (Lipinski definition) is 0. The molecule has 1 aromatic rings. The van der Waals surface area contributed by atoms with Crippen LogP contribution < -0.4 is 0 Å². The molecule has 0 aliphatic carbocycles. The minimum Gasteiger partial charge on any atom is -0.459 e. The van der Waals surface area contributed by atoms with Gasteiger partial charge in [0.15, 0.2) is 0 Å². The second kappa shape index (κ2) is 6.72. The largest absolute Gasteiger partial charge is 0.459 e. The van der Waals surface area contributed by atoms with Gasteiger partial charge in [-0.25, -0.2) is 4.79 Å². The summed E-state index contributed by atoms with van der Waals surface area (Å²) in [6.07, 6.45) is 3.39. The van der Waals surface area contributed by atoms with Gasteiger partial charge in [-0.3, -0.25) is 0 Å². The number of carbonyl (C=O) groups excluding carboxylic acids is 1. The van der Waals surface area contributed by atoms with E-state index >= 15 is 0 Å². The Morgan fingerprint density at radius 1 is 1.47 bits per heavy atom. The van der Waals surface area contributed by atoms with E-state index in [4.69, 9.17) is 14.7 Å². The zero-order chi connectivity index (χ0) is 13.5. The minimum atomic E-state index is -0.596. The number of benzene rings is 1. The summed E-state index contributed by atoms with van der Waals surface area (Å²) in [5, 5.41) is 9.00. The molecule has 2 rings (SSSR count). The molecule has 1 aliphatic heterocycles. The van der Waals surface area contributed by atoms with Crippen molar-refractivity contribution in [2.24, 2.45) is 0 Å². The molecule has 4 nitrogen and oxygen atoms in total. The summed E-state index contributed by atoms with van der Waals surface area (Å²) in [6, 6.07) is 11.1. The maximum absolute atomic E-state index is 11.8. The fourth-order valence-corrected chi connectivity index (χ4v) is 1.87. The highest BCUT2D eigenvalue weighted by Gasteiger charge is 2.19. The first kappa shape index (κ1) is 13.3. The summed E-state index contributed by atoms with van der Waals surface area (Å²) < 4.78 is 10.5. The van der Waals surface area contributed by atoms with Gasteiger partial charge in [0.2, 0.25) is 0 Å². The van der Waals surface area contributed by atoms with E-state index < -0.39 is 5.97 Å². The van der Waals surface area contributed by atoms with Crippen molar-refractivity contribution in [3.63, 3.8) is 0 Å². The van der Waals surface area contributed by atoms with E-state index in [-0.39, 0.29) is 18.3 Å². The van der Waals surface area contributed by atoms with Crippen molar-refractivity contribution >= 4 is 12.0 Å². The maximum Gasteiger partial charge on any atom is 0.348 e. The Morgan fingerprint density at radius 2 is 2.26 bits per heavy atom. The number of rotatable bonds is 4. The van der Waals surface area contributed by atoms with Crippen LogP contribution >= 0.6 is 0 Å². The van der Waals surface area contributed by atoms with E-state index in [2.05, 4.69) is 0 Å². The highest BCUT2D eigenvalue weighted by Crippen LogP contribution is 2.13. The van der Waals surface area contributed by atoms with Crippen molar-refractivity contribution in [2.75, 3.05) is 13.2 Å². The summed E-state index contributed by atoms with van der Waals surface area (Å²) in [5.74, 6) is -0.596. The molecule has 0 saturated carbocycles. The molecular formula is C15H15NO3. The van der Waals surface area contributed by atoms with Crippen LogP contribution in [0, 0.1) is 11.3 Å². The number of esters is 1. The van der Waals surface area contributed by atoms with Crippen molar-refractivity contribution < 1.29 is 14.3 Å². The van der Waals surface area contributed by atoms with E-state index in [9.17, 15) is 4.79 Å². The average molecular weight is 257 g/mol. The lowest BCUT2D eigenvalue weighted by atomic mass is 10.1. The number of hydrogen-bond acceptors (Lipinski definition) is 4. The van der Waals surface area contributed by atoms with Gasteiger partial charge in [0.05, 0.1) is 6.10 Å². The van der Waals surface area contributed by atoms with Crippen molar-refractivity contribution in [1.82, 2.24) is 0 Å². The molecular weight excluding hydrogens is 242 g/mol. The molecule has 1 aliphatic rings. The van der Waals surface area contributed by atoms with Gasteiger partial charge < -0.3 is 9.47 Å². The monoisotopic (exact) mass is 257 g/mol. The van der Waals surface area contributed by atoms with E-state index in [1.165, 1.54) is 6.08 Å². The van der Waals surface area contributed by atoms with Crippen LogP contribution in [0.15, 0.2) is 35.9 Å². The molecule has 0 aromatic heterocycles. The van der Waals surface area contributed by atoms with Crippen LogP contribution in [-0.2, 0) is 14.3 Å². The van der Waals surface area contributed by atoms with Crippen molar-refractivity contribution in [2.45, 2.75) is 18.9 Å². The topological polar surface area (TPSA) is 59.3 Å². The fraction of sp³-hybridized carbons (Fsp3) is 0.333. The molecule has 4 heteroatoms. The van der Waals surface area contributed by atoms with Gasteiger partial charge in [0.25, 0.3) is 0 Å². The lowest BCUT2D eigenvalue weighted by Gasteiger charge is -2.09. The highest BCUT2D eigenvalue weighted by atomic mass is 16.6. The van der Waals surface area contributed by atoms with Gasteiger partial charge in [-0.1, -0.05) is 30.3 Å². The molecule has 0 unspecified atom stereocenters. The van der Waals surface area contributed by atoms with Gasteiger partial charge in [-0.05, 0) is 24.5 Å². The zero-order valence-corrected chi connectivity index (χ0v) is 10.5. The Balaban J connectivity index is 1.95. The third-order valence-corrected chi connectivity index (χ3v) is 2.88. The van der Waals surface area contributed by atoms with Crippen LogP contribution in [0.1, 0.15) is 18.4 Å². The lowest BCUT2D eigenvalue weighted by molar-refractivity contribution is -0.141. The van der Waals surface area contributed by atoms with Gasteiger partial charge in [-0.2, -0.15) is 5.26 Å². The highest BCUT2D eigenvalue weighted by molar-refractivity contribution is 5.97. The quantitative estimate of drug-likeness (QED) is 0.472. The normalized spacial score (nSPS) is 18.9. The molecule has 0 N–H and O–H groups in total. The molecule has 1 atom stereocenters. The van der Waals surface area contributed by atoms with Crippen LogP contribution in [0.3, 0.4) is 0 Å². The molecule has 0 radical (unpaired) electrons. The SMILES string of the molecule is N#C/C(=C\c1ccccc1)C(=O)OC[C@H]1CCCO1. The Bertz CT molecular complexity index is 496. The Morgan fingerprint density at radius 3 is 2.89 bits per heavy atom. The van der Waals surface area contributed by atoms with Gasteiger partial charge >= 0.3 is 5.97 Å². The molecule has 1 aromatic carbocycles. The van der Waals surface area contributed by atoms with E-state index in [0.29, 0.717) is 6.61 Å². The van der Waals surface area contributed by atoms with Crippen LogP contribution in [0.25, 0.3) is 6.08 Å². The molecule has 1 saturated heterocycles. The molecule has 1 heterocycles. The average Bonchev–Trinajstić information content (AvgIpc) is 2.96. The second-order valence-corrected chi connectivity index (χ2v) is 4.31. The zero-order valence-electron chi connectivity index (χ0n) is 10.5. The first-order valence-electron chi connectivity index (χ1n) is 6.25. The first-order valence-corrected chi connectivity index (χ1v) is 6.25. The smallest absolute Gasteiger partial charge is 0.348 e. The van der Waals surface area contributed by atoms with Gasteiger partial charge in [0, 0.05) is 6.61 Å². The lowest BCUT2D eigenvalue weighted by Crippen LogP contribution is -2.18. The fourth-order valence-electron chi connectivity index (χ4n) is 1.87. The Hall–Kier alpha value is -2.12. The molecule has 98 valence electrons. The van der Waals surface area contributed by atoms with Crippen molar-refractivity contribution in [3.05, 3.63) is 41.5 Å². The molecule has 0 amide bonds. The summed E-state index contributed by atoms with van der Waals surface area (Å²) in [7, 11) is 0. The molecule has 0 bridgehead atoms. The van der Waals surface area contributed by atoms with Crippen molar-refractivity contribution in [3.8, 4) is 6.07 Å². The first-order chi connectivity index (χ1) is 9.29. The van der Waals surface area contributed by atoms with Crippen LogP contribution in [0.4, 0.5) is 0 Å². The summed E-state index contributed by atoms with van der Waals surface area (Å²) in [4.78, 5) is 11.8. The van der Waals surface area contributed by atoms with Crippen molar-refractivity contribution in [1.29, 1.82) is 5.26 Å². The molecule has 19 heavy (non-hydrogen) atoms. The predicted molar refractivity (Wildman–Crippen MR) is 70.0 cm³/mol. The number of nitriles is 1. The predicted octanol–water partition coefficient (Wildman–Crippen LogP) is 2.32. The van der Waals surface area contributed by atoms with Crippen LogP contribution in [-0.4, -0.2) is 25.3 Å².